The van der Waals surface area contributed by atoms with Gasteiger partial charge in [-0.2, -0.15) is 5.10 Å². The molecule has 3 nitrogen and oxygen atoms in total. The van der Waals surface area contributed by atoms with E-state index in [9.17, 15) is 0 Å². The Morgan fingerprint density at radius 2 is 2.20 bits per heavy atom. The van der Waals surface area contributed by atoms with Crippen LogP contribution in [0.3, 0.4) is 0 Å². The molecule has 0 aromatic carbocycles. The van der Waals surface area contributed by atoms with Crippen LogP contribution in [0, 0.1) is 13.8 Å². The first-order valence-electron chi connectivity index (χ1n) is 7.90. The van der Waals surface area contributed by atoms with Gasteiger partial charge in [-0.15, -0.1) is 11.6 Å². The highest BCUT2D eigenvalue weighted by atomic mass is 35.5. The van der Waals surface area contributed by atoms with Crippen LogP contribution in [-0.4, -0.2) is 22.0 Å². The lowest BCUT2D eigenvalue weighted by Gasteiger charge is -2.47. The lowest BCUT2D eigenvalue weighted by molar-refractivity contribution is -0.141. The Bertz CT molecular complexity index is 493. The van der Waals surface area contributed by atoms with Crippen molar-refractivity contribution in [2.75, 3.05) is 6.61 Å². The second-order valence-corrected chi connectivity index (χ2v) is 6.96. The van der Waals surface area contributed by atoms with Gasteiger partial charge in [0.05, 0.1) is 22.7 Å². The third-order valence-electron chi connectivity index (χ3n) is 5.13. The third-order valence-corrected chi connectivity index (χ3v) is 5.66. The lowest BCUT2D eigenvalue weighted by atomic mass is 9.74. The van der Waals surface area contributed by atoms with Gasteiger partial charge in [0.15, 0.2) is 0 Å². The normalized spacial score (nSPS) is 26.5. The number of hydrogen-bond donors (Lipinski definition) is 0. The maximum atomic E-state index is 6.47. The number of aryl methyl sites for hydroxylation is 1. The van der Waals surface area contributed by atoms with E-state index >= 15 is 0 Å². The molecule has 1 aromatic rings. The molecule has 1 saturated carbocycles. The van der Waals surface area contributed by atoms with Crippen LogP contribution in [0.1, 0.15) is 73.8 Å². The molecule has 0 N–H and O–H groups in total. The topological polar surface area (TPSA) is 27.1 Å². The number of rotatable bonds is 3. The zero-order chi connectivity index (χ0) is 14.3. The molecule has 20 heavy (non-hydrogen) atoms. The largest absolute Gasteiger partial charge is 0.375 e. The summed E-state index contributed by atoms with van der Waals surface area (Å²) in [5, 5.41) is 4.89. The molecule has 2 atom stereocenters. The molecule has 2 unspecified atom stereocenters. The summed E-state index contributed by atoms with van der Waals surface area (Å²) in [5.74, 6) is 0. The van der Waals surface area contributed by atoms with E-state index in [1.165, 1.54) is 30.5 Å². The van der Waals surface area contributed by atoms with Crippen molar-refractivity contribution in [1.29, 1.82) is 0 Å². The molecule has 1 aliphatic carbocycles. The highest BCUT2D eigenvalue weighted by molar-refractivity contribution is 6.20. The van der Waals surface area contributed by atoms with Crippen LogP contribution in [0.25, 0.3) is 0 Å². The number of halogens is 1. The van der Waals surface area contributed by atoms with Crippen molar-refractivity contribution in [2.24, 2.45) is 0 Å². The smallest absolute Gasteiger partial charge is 0.0703 e. The highest BCUT2D eigenvalue weighted by Gasteiger charge is 2.43. The van der Waals surface area contributed by atoms with E-state index < -0.39 is 0 Å². The molecule has 3 rings (SSSR count). The Morgan fingerprint density at radius 1 is 1.45 bits per heavy atom. The van der Waals surface area contributed by atoms with E-state index in [1.807, 2.05) is 0 Å². The summed E-state index contributed by atoms with van der Waals surface area (Å²) >= 11 is 6.47. The first-order chi connectivity index (χ1) is 9.56. The summed E-state index contributed by atoms with van der Waals surface area (Å²) in [7, 11) is 0. The second-order valence-electron chi connectivity index (χ2n) is 6.44. The molecule has 4 heteroatoms. The van der Waals surface area contributed by atoms with Gasteiger partial charge in [-0.25, -0.2) is 0 Å². The van der Waals surface area contributed by atoms with E-state index in [0.717, 1.165) is 31.6 Å². The van der Waals surface area contributed by atoms with Gasteiger partial charge < -0.3 is 4.74 Å². The van der Waals surface area contributed by atoms with E-state index in [4.69, 9.17) is 21.4 Å². The van der Waals surface area contributed by atoms with Gasteiger partial charge in [-0.05, 0) is 52.4 Å². The van der Waals surface area contributed by atoms with Gasteiger partial charge in [0.25, 0.3) is 0 Å². The Labute approximate surface area is 126 Å². The van der Waals surface area contributed by atoms with Gasteiger partial charge in [0, 0.05) is 17.9 Å². The van der Waals surface area contributed by atoms with Crippen molar-refractivity contribution in [3.63, 3.8) is 0 Å². The molecule has 112 valence electrons. The SMILES string of the molecule is CCC(Cl)c1c(C)nn(C2CCOC3(CCC3)C2)c1C. The minimum atomic E-state index is 0.0845. The van der Waals surface area contributed by atoms with E-state index in [2.05, 4.69) is 25.5 Å². The Morgan fingerprint density at radius 3 is 2.80 bits per heavy atom. The monoisotopic (exact) mass is 296 g/mol. The molecule has 1 aromatic heterocycles. The third kappa shape index (κ3) is 2.29. The molecule has 1 saturated heterocycles. The van der Waals surface area contributed by atoms with Gasteiger partial charge in [0.2, 0.25) is 0 Å². The van der Waals surface area contributed by atoms with Gasteiger partial charge >= 0.3 is 0 Å². The van der Waals surface area contributed by atoms with Crippen molar-refractivity contribution in [3.8, 4) is 0 Å². The minimum Gasteiger partial charge on any atom is -0.375 e. The van der Waals surface area contributed by atoms with Crippen LogP contribution < -0.4 is 0 Å². The van der Waals surface area contributed by atoms with Crippen LogP contribution in [0.5, 0.6) is 0 Å². The molecule has 2 aliphatic rings. The molecular weight excluding hydrogens is 272 g/mol. The number of alkyl halides is 1. The Kier molecular flexibility index (Phi) is 3.85. The van der Waals surface area contributed by atoms with Crippen molar-refractivity contribution < 1.29 is 4.74 Å². The molecule has 1 spiro atoms. The van der Waals surface area contributed by atoms with E-state index in [0.29, 0.717) is 6.04 Å². The number of nitrogens with zero attached hydrogens (tertiary/aromatic N) is 2. The molecule has 0 radical (unpaired) electrons. The van der Waals surface area contributed by atoms with Crippen LogP contribution in [-0.2, 0) is 4.74 Å². The summed E-state index contributed by atoms with van der Waals surface area (Å²) in [4.78, 5) is 0. The second kappa shape index (κ2) is 5.34. The molecule has 2 fully saturated rings. The van der Waals surface area contributed by atoms with Crippen molar-refractivity contribution in [1.82, 2.24) is 9.78 Å². The zero-order valence-corrected chi connectivity index (χ0v) is 13.5. The van der Waals surface area contributed by atoms with Crippen LogP contribution >= 0.6 is 11.6 Å². The minimum absolute atomic E-state index is 0.0845. The zero-order valence-electron chi connectivity index (χ0n) is 12.8. The maximum absolute atomic E-state index is 6.47. The molecule has 2 heterocycles. The van der Waals surface area contributed by atoms with Crippen LogP contribution in [0.4, 0.5) is 0 Å². The summed E-state index contributed by atoms with van der Waals surface area (Å²) < 4.78 is 8.27. The maximum Gasteiger partial charge on any atom is 0.0703 e. The fourth-order valence-electron chi connectivity index (χ4n) is 3.82. The van der Waals surface area contributed by atoms with Gasteiger partial charge in [-0.1, -0.05) is 6.92 Å². The number of hydrogen-bond acceptors (Lipinski definition) is 2. The molecule has 1 aliphatic heterocycles. The van der Waals surface area contributed by atoms with Crippen molar-refractivity contribution >= 4 is 11.6 Å². The predicted molar refractivity (Wildman–Crippen MR) is 81.4 cm³/mol. The first kappa shape index (κ1) is 14.4. The van der Waals surface area contributed by atoms with Crippen LogP contribution in [0.15, 0.2) is 0 Å². The Hall–Kier alpha value is -0.540. The summed E-state index contributed by atoms with van der Waals surface area (Å²) in [6.07, 6.45) is 6.91. The van der Waals surface area contributed by atoms with Crippen molar-refractivity contribution in [3.05, 3.63) is 17.0 Å². The highest BCUT2D eigenvalue weighted by Crippen LogP contribution is 2.46. The van der Waals surface area contributed by atoms with Gasteiger partial charge in [-0.3, -0.25) is 4.68 Å². The van der Waals surface area contributed by atoms with E-state index in [-0.39, 0.29) is 11.0 Å². The van der Waals surface area contributed by atoms with E-state index in [1.54, 1.807) is 0 Å². The van der Waals surface area contributed by atoms with Crippen molar-refractivity contribution in [2.45, 2.75) is 76.3 Å². The fourth-order valence-corrected chi connectivity index (χ4v) is 4.13. The fraction of sp³-hybridized carbons (Fsp3) is 0.812. The average Bonchev–Trinajstić information content (AvgIpc) is 2.72. The summed E-state index contributed by atoms with van der Waals surface area (Å²) in [6.45, 7) is 7.26. The first-order valence-corrected chi connectivity index (χ1v) is 8.33. The molecular formula is C16H25ClN2O. The number of ether oxygens (including phenoxy) is 1. The number of aromatic nitrogens is 2. The summed E-state index contributed by atoms with van der Waals surface area (Å²) in [6, 6.07) is 0.484. The predicted octanol–water partition coefficient (Wildman–Crippen LogP) is 4.46. The summed E-state index contributed by atoms with van der Waals surface area (Å²) in [5.41, 5.74) is 3.76. The van der Waals surface area contributed by atoms with Gasteiger partial charge in [0.1, 0.15) is 0 Å². The quantitative estimate of drug-likeness (QED) is 0.770. The lowest BCUT2D eigenvalue weighted by Crippen LogP contribution is -2.46. The molecule has 0 bridgehead atoms. The standard InChI is InChI=1S/C16H25ClN2O/c1-4-14(17)15-11(2)18-19(12(15)3)13-6-9-20-16(10-13)7-5-8-16/h13-14H,4-10H2,1-3H3. The van der Waals surface area contributed by atoms with Crippen LogP contribution in [0.2, 0.25) is 0 Å². The average molecular weight is 297 g/mol. The molecule has 0 amide bonds. The Balaban J connectivity index is 1.86.